The number of carbonyl (C=O) groups excluding carboxylic acids is 1. The maximum Gasteiger partial charge on any atom is 0.277 e. The topological polar surface area (TPSA) is 115 Å². The zero-order chi connectivity index (χ0) is 16.7. The van der Waals surface area contributed by atoms with Crippen molar-refractivity contribution < 1.29 is 14.2 Å². The largest absolute Gasteiger partial charge is 0.494 e. The minimum Gasteiger partial charge on any atom is -0.494 e. The summed E-state index contributed by atoms with van der Waals surface area (Å²) in [6, 6.07) is 5.47. The summed E-state index contributed by atoms with van der Waals surface area (Å²) in [5, 5.41) is 13.3. The summed E-state index contributed by atoms with van der Waals surface area (Å²) in [5.74, 6) is 0.328. The molecule has 4 N–H and O–H groups in total. The molecule has 0 spiro atoms. The highest BCUT2D eigenvalue weighted by atomic mass is 35.5. The van der Waals surface area contributed by atoms with Gasteiger partial charge in [-0.1, -0.05) is 11.6 Å². The van der Waals surface area contributed by atoms with Gasteiger partial charge in [0.05, 0.1) is 6.61 Å². The van der Waals surface area contributed by atoms with Crippen molar-refractivity contribution in [3.63, 3.8) is 0 Å². The maximum atomic E-state index is 11.7. The zero-order valence-electron chi connectivity index (χ0n) is 12.6. The summed E-state index contributed by atoms with van der Waals surface area (Å²) in [6.45, 7) is 4.02. The molecule has 0 radical (unpaired) electrons. The van der Waals surface area contributed by atoms with Crippen molar-refractivity contribution in [2.75, 3.05) is 25.4 Å². The minimum atomic E-state index is -0.427. The Labute approximate surface area is 138 Å². The lowest BCUT2D eigenvalue weighted by molar-refractivity contribution is 0.0944. The molecule has 0 atom stereocenters. The van der Waals surface area contributed by atoms with Gasteiger partial charge in [0.2, 0.25) is 11.5 Å². The highest BCUT2D eigenvalue weighted by Gasteiger charge is 2.14. The van der Waals surface area contributed by atoms with Crippen LogP contribution in [-0.4, -0.2) is 35.9 Å². The van der Waals surface area contributed by atoms with Crippen LogP contribution >= 0.6 is 11.6 Å². The van der Waals surface area contributed by atoms with E-state index in [1.807, 2.05) is 19.1 Å². The first kappa shape index (κ1) is 17.0. The predicted molar refractivity (Wildman–Crippen MR) is 85.4 cm³/mol. The van der Waals surface area contributed by atoms with Gasteiger partial charge in [-0.2, -0.15) is 0 Å². The first-order chi connectivity index (χ1) is 11.1. The molecule has 0 aliphatic carbocycles. The van der Waals surface area contributed by atoms with E-state index in [-0.39, 0.29) is 11.5 Å². The van der Waals surface area contributed by atoms with Crippen molar-refractivity contribution in [2.45, 2.75) is 13.5 Å². The van der Waals surface area contributed by atoms with Crippen LogP contribution in [0.15, 0.2) is 22.8 Å². The number of nitrogen functional groups attached to an aromatic ring is 1. The predicted octanol–water partition coefficient (Wildman–Crippen LogP) is 1.22. The number of rotatable bonds is 8. The van der Waals surface area contributed by atoms with Crippen LogP contribution < -0.4 is 21.1 Å². The molecule has 0 saturated carbocycles. The van der Waals surface area contributed by atoms with Crippen molar-refractivity contribution >= 4 is 23.3 Å². The number of nitrogens with one attached hydrogen (secondary N) is 2. The van der Waals surface area contributed by atoms with E-state index < -0.39 is 5.91 Å². The fraction of sp³-hybridized carbons (Fsp3) is 0.357. The number of hydrogen-bond donors (Lipinski definition) is 3. The minimum absolute atomic E-state index is 0.0153. The van der Waals surface area contributed by atoms with Crippen molar-refractivity contribution in [1.82, 2.24) is 20.9 Å². The molecule has 124 valence electrons. The number of aromatic nitrogens is 2. The Bertz CT molecular complexity index is 662. The monoisotopic (exact) mass is 339 g/mol. The fourth-order valence-electron chi connectivity index (χ4n) is 1.91. The van der Waals surface area contributed by atoms with Gasteiger partial charge in [0.1, 0.15) is 5.75 Å². The number of nitrogens with zero attached hydrogens (tertiary/aromatic N) is 2. The fourth-order valence-corrected chi connectivity index (χ4v) is 2.10. The summed E-state index contributed by atoms with van der Waals surface area (Å²) in [6.07, 6.45) is 0. The Morgan fingerprint density at radius 2 is 2.22 bits per heavy atom. The Kier molecular flexibility index (Phi) is 6.19. The third kappa shape index (κ3) is 4.83. The Hall–Kier alpha value is -2.32. The van der Waals surface area contributed by atoms with E-state index in [1.165, 1.54) is 0 Å². The van der Waals surface area contributed by atoms with Crippen LogP contribution in [0.3, 0.4) is 0 Å². The summed E-state index contributed by atoms with van der Waals surface area (Å²) < 4.78 is 9.91. The van der Waals surface area contributed by atoms with Gasteiger partial charge in [0, 0.05) is 30.2 Å². The number of carbonyl (C=O) groups is 1. The summed E-state index contributed by atoms with van der Waals surface area (Å²) in [4.78, 5) is 11.7. The molecule has 1 aromatic heterocycles. The SMILES string of the molecule is CCOc1ccc(Cl)cc1CNCCNC(=O)c1nonc1N. The van der Waals surface area contributed by atoms with E-state index in [9.17, 15) is 4.79 Å². The Morgan fingerprint density at radius 3 is 2.91 bits per heavy atom. The molecule has 0 bridgehead atoms. The number of benzene rings is 1. The molecular formula is C14H18ClN5O3. The number of nitrogens with two attached hydrogens (primary N) is 1. The van der Waals surface area contributed by atoms with Crippen LogP contribution in [0.2, 0.25) is 5.02 Å². The second kappa shape index (κ2) is 8.35. The van der Waals surface area contributed by atoms with E-state index >= 15 is 0 Å². The molecule has 0 saturated heterocycles. The number of halogens is 1. The van der Waals surface area contributed by atoms with Gasteiger partial charge in [-0.15, -0.1) is 0 Å². The van der Waals surface area contributed by atoms with Crippen LogP contribution in [-0.2, 0) is 6.54 Å². The van der Waals surface area contributed by atoms with E-state index in [4.69, 9.17) is 22.1 Å². The molecule has 0 aliphatic rings. The smallest absolute Gasteiger partial charge is 0.277 e. The van der Waals surface area contributed by atoms with E-state index in [0.717, 1.165) is 11.3 Å². The highest BCUT2D eigenvalue weighted by molar-refractivity contribution is 6.30. The van der Waals surface area contributed by atoms with Gasteiger partial charge >= 0.3 is 0 Å². The summed E-state index contributed by atoms with van der Waals surface area (Å²) in [5.41, 5.74) is 6.38. The summed E-state index contributed by atoms with van der Waals surface area (Å²) >= 11 is 6.00. The zero-order valence-corrected chi connectivity index (χ0v) is 13.4. The second-order valence-corrected chi connectivity index (χ2v) is 5.05. The molecule has 0 fully saturated rings. The molecule has 0 unspecified atom stereocenters. The molecule has 1 aromatic carbocycles. The van der Waals surface area contributed by atoms with E-state index in [2.05, 4.69) is 25.6 Å². The molecule has 2 rings (SSSR count). The second-order valence-electron chi connectivity index (χ2n) is 4.62. The lowest BCUT2D eigenvalue weighted by Crippen LogP contribution is -2.32. The quantitative estimate of drug-likeness (QED) is 0.619. The van der Waals surface area contributed by atoms with Gasteiger partial charge in [0.15, 0.2) is 0 Å². The van der Waals surface area contributed by atoms with Crippen LogP contribution in [0, 0.1) is 0 Å². The van der Waals surface area contributed by atoms with E-state index in [1.54, 1.807) is 6.07 Å². The third-order valence-corrected chi connectivity index (χ3v) is 3.19. The number of ether oxygens (including phenoxy) is 1. The maximum absolute atomic E-state index is 11.7. The molecular weight excluding hydrogens is 322 g/mol. The standard InChI is InChI=1S/C14H18ClN5O3/c1-2-22-11-4-3-10(15)7-9(11)8-17-5-6-18-14(21)12-13(16)20-23-19-12/h3-4,7,17H,2,5-6,8H2,1H3,(H2,16,20)(H,18,21). The molecule has 8 nitrogen and oxygen atoms in total. The first-order valence-electron chi connectivity index (χ1n) is 7.10. The van der Waals surface area contributed by atoms with Crippen LogP contribution in [0.4, 0.5) is 5.82 Å². The molecule has 23 heavy (non-hydrogen) atoms. The van der Waals surface area contributed by atoms with Crippen LogP contribution in [0.25, 0.3) is 0 Å². The Balaban J connectivity index is 1.76. The highest BCUT2D eigenvalue weighted by Crippen LogP contribution is 2.22. The number of hydrogen-bond acceptors (Lipinski definition) is 7. The van der Waals surface area contributed by atoms with Gasteiger partial charge in [-0.05, 0) is 35.4 Å². The third-order valence-electron chi connectivity index (χ3n) is 2.95. The van der Waals surface area contributed by atoms with Crippen molar-refractivity contribution in [3.8, 4) is 5.75 Å². The normalized spacial score (nSPS) is 10.5. The molecule has 9 heteroatoms. The first-order valence-corrected chi connectivity index (χ1v) is 7.47. The molecule has 2 aromatic rings. The average molecular weight is 340 g/mol. The molecule has 1 amide bonds. The average Bonchev–Trinajstić information content (AvgIpc) is 2.95. The lowest BCUT2D eigenvalue weighted by atomic mass is 10.2. The van der Waals surface area contributed by atoms with Crippen molar-refractivity contribution in [1.29, 1.82) is 0 Å². The van der Waals surface area contributed by atoms with Crippen LogP contribution in [0.1, 0.15) is 23.0 Å². The van der Waals surface area contributed by atoms with Gasteiger partial charge < -0.3 is 21.1 Å². The number of anilines is 1. The number of amides is 1. The Morgan fingerprint density at radius 1 is 1.39 bits per heavy atom. The van der Waals surface area contributed by atoms with Crippen LogP contribution in [0.5, 0.6) is 5.75 Å². The van der Waals surface area contributed by atoms with Crippen molar-refractivity contribution in [3.05, 3.63) is 34.5 Å². The van der Waals surface area contributed by atoms with Gasteiger partial charge in [0.25, 0.3) is 5.91 Å². The van der Waals surface area contributed by atoms with Gasteiger partial charge in [-0.25, -0.2) is 4.63 Å². The van der Waals surface area contributed by atoms with E-state index in [0.29, 0.717) is 31.3 Å². The molecule has 0 aliphatic heterocycles. The molecule has 1 heterocycles. The summed E-state index contributed by atoms with van der Waals surface area (Å²) in [7, 11) is 0. The van der Waals surface area contributed by atoms with Crippen molar-refractivity contribution in [2.24, 2.45) is 0 Å². The van der Waals surface area contributed by atoms with Gasteiger partial charge in [-0.3, -0.25) is 4.79 Å². The lowest BCUT2D eigenvalue weighted by Gasteiger charge is -2.11.